The van der Waals surface area contributed by atoms with Crippen LogP contribution >= 0.6 is 0 Å². The Labute approximate surface area is 88.4 Å². The van der Waals surface area contributed by atoms with Crippen LogP contribution in [0.4, 0.5) is 0 Å². The van der Waals surface area contributed by atoms with E-state index in [9.17, 15) is 4.79 Å². The van der Waals surface area contributed by atoms with E-state index in [-0.39, 0.29) is 11.5 Å². The number of nitrogens with zero attached hydrogens (tertiary/aromatic N) is 2. The van der Waals surface area contributed by atoms with Gasteiger partial charge in [0.2, 0.25) is 0 Å². The Bertz CT molecular complexity index is 555. The predicted octanol–water partition coefficient (Wildman–Crippen LogP) is 2.06. The van der Waals surface area contributed by atoms with Gasteiger partial charge in [0.1, 0.15) is 0 Å². The Hall–Kier alpha value is -1.64. The highest BCUT2D eigenvalue weighted by molar-refractivity contribution is 5.78. The van der Waals surface area contributed by atoms with Crippen molar-refractivity contribution in [1.29, 1.82) is 0 Å². The topological polar surface area (TPSA) is 34.9 Å². The number of rotatable bonds is 1. The van der Waals surface area contributed by atoms with Crippen LogP contribution < -0.4 is 5.56 Å². The lowest BCUT2D eigenvalue weighted by Crippen LogP contribution is -2.22. The smallest absolute Gasteiger partial charge is 0.254 e. The molecule has 0 amide bonds. The molecule has 0 unspecified atom stereocenters. The number of hydrogen-bond donors (Lipinski definition) is 0. The van der Waals surface area contributed by atoms with E-state index >= 15 is 0 Å². The maximum Gasteiger partial charge on any atom is 0.254 e. The first-order chi connectivity index (χ1) is 7.11. The largest absolute Gasteiger partial charge is 0.311 e. The van der Waals surface area contributed by atoms with Crippen LogP contribution in [0.5, 0.6) is 0 Å². The van der Waals surface area contributed by atoms with Gasteiger partial charge in [-0.1, -0.05) is 13.8 Å². The molecule has 15 heavy (non-hydrogen) atoms. The fourth-order valence-electron chi connectivity index (χ4n) is 1.76. The summed E-state index contributed by atoms with van der Waals surface area (Å²) in [6.45, 7) is 4.05. The number of aryl methyl sites for hydroxylation is 1. The van der Waals surface area contributed by atoms with E-state index in [2.05, 4.69) is 4.98 Å². The minimum atomic E-state index is 0.0868. The second-order valence-corrected chi connectivity index (χ2v) is 4.05. The molecule has 2 heterocycles. The molecule has 0 spiro atoms. The van der Waals surface area contributed by atoms with Crippen LogP contribution in [-0.2, 0) is 7.05 Å². The van der Waals surface area contributed by atoms with Crippen molar-refractivity contribution < 1.29 is 0 Å². The molecule has 3 nitrogen and oxygen atoms in total. The van der Waals surface area contributed by atoms with Crippen molar-refractivity contribution in [2.75, 3.05) is 0 Å². The molecule has 0 aliphatic heterocycles. The zero-order chi connectivity index (χ0) is 11.0. The highest BCUT2D eigenvalue weighted by Crippen LogP contribution is 2.16. The summed E-state index contributed by atoms with van der Waals surface area (Å²) in [5.74, 6) is 0.244. The normalized spacial score (nSPS) is 11.2. The Kier molecular flexibility index (Phi) is 2.31. The van der Waals surface area contributed by atoms with Gasteiger partial charge in [-0.3, -0.25) is 9.78 Å². The van der Waals surface area contributed by atoms with Gasteiger partial charge in [0.15, 0.2) is 0 Å². The molecular weight excluding hydrogens is 188 g/mol. The quantitative estimate of drug-likeness (QED) is 0.709. The molecule has 0 saturated carbocycles. The standard InChI is InChI=1S/C12H14N2O/c1-8(2)10-6-9-7-13-5-4-11(9)14(3)12(10)15/h4-8H,1-3H3. The fraction of sp³-hybridized carbons (Fsp3) is 0.333. The third-order valence-corrected chi connectivity index (χ3v) is 2.67. The number of pyridine rings is 2. The van der Waals surface area contributed by atoms with Gasteiger partial charge in [-0.05, 0) is 18.1 Å². The van der Waals surface area contributed by atoms with E-state index < -0.39 is 0 Å². The molecule has 0 aromatic carbocycles. The summed E-state index contributed by atoms with van der Waals surface area (Å²) in [4.78, 5) is 16.0. The molecular formula is C12H14N2O. The zero-order valence-electron chi connectivity index (χ0n) is 9.19. The monoisotopic (exact) mass is 202 g/mol. The number of hydrogen-bond acceptors (Lipinski definition) is 2. The minimum Gasteiger partial charge on any atom is -0.311 e. The van der Waals surface area contributed by atoms with Crippen molar-refractivity contribution in [1.82, 2.24) is 9.55 Å². The van der Waals surface area contributed by atoms with Crippen LogP contribution in [0, 0.1) is 0 Å². The van der Waals surface area contributed by atoms with Gasteiger partial charge < -0.3 is 4.57 Å². The minimum absolute atomic E-state index is 0.0868. The summed E-state index contributed by atoms with van der Waals surface area (Å²) in [7, 11) is 1.80. The summed E-state index contributed by atoms with van der Waals surface area (Å²) in [5, 5.41) is 1.02. The van der Waals surface area contributed by atoms with Gasteiger partial charge >= 0.3 is 0 Å². The lowest BCUT2D eigenvalue weighted by molar-refractivity contribution is 0.802. The Morgan fingerprint density at radius 1 is 1.40 bits per heavy atom. The van der Waals surface area contributed by atoms with Crippen molar-refractivity contribution in [3.05, 3.63) is 40.4 Å². The van der Waals surface area contributed by atoms with E-state index in [0.29, 0.717) is 0 Å². The van der Waals surface area contributed by atoms with Crippen molar-refractivity contribution in [3.63, 3.8) is 0 Å². The Morgan fingerprint density at radius 3 is 2.80 bits per heavy atom. The van der Waals surface area contributed by atoms with Crippen LogP contribution in [0.2, 0.25) is 0 Å². The Morgan fingerprint density at radius 2 is 2.13 bits per heavy atom. The molecule has 0 aliphatic rings. The number of fused-ring (bicyclic) bond motifs is 1. The van der Waals surface area contributed by atoms with Crippen molar-refractivity contribution in [2.45, 2.75) is 19.8 Å². The van der Waals surface area contributed by atoms with Gasteiger partial charge in [0, 0.05) is 30.4 Å². The molecule has 0 atom stereocenters. The van der Waals surface area contributed by atoms with Crippen LogP contribution in [-0.4, -0.2) is 9.55 Å². The SMILES string of the molecule is CC(C)c1cc2cnccc2n(C)c1=O. The average molecular weight is 202 g/mol. The van der Waals surface area contributed by atoms with E-state index in [1.54, 1.807) is 24.0 Å². The van der Waals surface area contributed by atoms with Crippen molar-refractivity contribution in [3.8, 4) is 0 Å². The predicted molar refractivity (Wildman–Crippen MR) is 61.1 cm³/mol. The fourth-order valence-corrected chi connectivity index (χ4v) is 1.76. The van der Waals surface area contributed by atoms with Crippen molar-refractivity contribution >= 4 is 10.9 Å². The molecule has 2 aromatic rings. The van der Waals surface area contributed by atoms with E-state index in [0.717, 1.165) is 16.5 Å². The van der Waals surface area contributed by atoms with Crippen LogP contribution in [0.1, 0.15) is 25.3 Å². The molecule has 3 heteroatoms. The first-order valence-electron chi connectivity index (χ1n) is 5.05. The van der Waals surface area contributed by atoms with E-state index in [1.165, 1.54) is 0 Å². The molecule has 0 fully saturated rings. The molecule has 0 saturated heterocycles. The lowest BCUT2D eigenvalue weighted by atomic mass is 10.0. The van der Waals surface area contributed by atoms with Gasteiger partial charge in [0.25, 0.3) is 5.56 Å². The first-order valence-corrected chi connectivity index (χ1v) is 5.05. The van der Waals surface area contributed by atoms with Gasteiger partial charge in [-0.25, -0.2) is 0 Å². The second kappa shape index (κ2) is 3.50. The molecule has 2 aromatic heterocycles. The molecule has 0 bridgehead atoms. The summed E-state index contributed by atoms with van der Waals surface area (Å²) in [6, 6.07) is 3.80. The van der Waals surface area contributed by atoms with Gasteiger partial charge in [-0.15, -0.1) is 0 Å². The first kappa shape index (κ1) is 9.90. The average Bonchev–Trinajstić information content (AvgIpc) is 2.23. The van der Waals surface area contributed by atoms with E-state index in [4.69, 9.17) is 0 Å². The molecule has 78 valence electrons. The maximum absolute atomic E-state index is 12.0. The third kappa shape index (κ3) is 1.54. The van der Waals surface area contributed by atoms with E-state index in [1.807, 2.05) is 26.0 Å². The summed E-state index contributed by atoms with van der Waals surface area (Å²) >= 11 is 0. The van der Waals surface area contributed by atoms with Gasteiger partial charge in [0.05, 0.1) is 5.52 Å². The van der Waals surface area contributed by atoms with Crippen molar-refractivity contribution in [2.24, 2.45) is 7.05 Å². The Balaban J connectivity index is 2.89. The third-order valence-electron chi connectivity index (χ3n) is 2.67. The number of aromatic nitrogens is 2. The lowest BCUT2D eigenvalue weighted by Gasteiger charge is -2.10. The summed E-state index contributed by atoms with van der Waals surface area (Å²) < 4.78 is 1.69. The molecule has 0 radical (unpaired) electrons. The summed E-state index contributed by atoms with van der Waals surface area (Å²) in [6.07, 6.45) is 3.50. The van der Waals surface area contributed by atoms with Crippen LogP contribution in [0.3, 0.4) is 0 Å². The molecule has 2 rings (SSSR count). The molecule has 0 aliphatic carbocycles. The summed E-state index contributed by atoms with van der Waals surface area (Å²) in [5.41, 5.74) is 1.86. The highest BCUT2D eigenvalue weighted by atomic mass is 16.1. The highest BCUT2D eigenvalue weighted by Gasteiger charge is 2.09. The molecule has 0 N–H and O–H groups in total. The van der Waals surface area contributed by atoms with Gasteiger partial charge in [-0.2, -0.15) is 0 Å². The van der Waals surface area contributed by atoms with Crippen LogP contribution in [0.25, 0.3) is 10.9 Å². The maximum atomic E-state index is 12.0. The van der Waals surface area contributed by atoms with Crippen LogP contribution in [0.15, 0.2) is 29.3 Å². The second-order valence-electron chi connectivity index (χ2n) is 4.05. The zero-order valence-corrected chi connectivity index (χ0v) is 9.19.